The van der Waals surface area contributed by atoms with E-state index < -0.39 is 103 Å². The summed E-state index contributed by atoms with van der Waals surface area (Å²) in [5.41, 5.74) is 11.8. The number of primary amides is 1. The van der Waals surface area contributed by atoms with Crippen molar-refractivity contribution in [3.05, 3.63) is 35.9 Å². The molecule has 0 spiro atoms. The number of nitrogens with one attached hydrogen (secondary N) is 8. The first kappa shape index (κ1) is 42.6. The van der Waals surface area contributed by atoms with Gasteiger partial charge < -0.3 is 54.0 Å². The highest BCUT2D eigenvalue weighted by Crippen LogP contribution is 2.07. The number of nitrogens with two attached hydrogens (primary N) is 2. The van der Waals surface area contributed by atoms with Crippen LogP contribution in [-0.2, 0) is 49.6 Å². The van der Waals surface area contributed by atoms with Gasteiger partial charge in [-0.2, -0.15) is 0 Å². The predicted molar refractivity (Wildman–Crippen MR) is 186 cm³/mol. The van der Waals surface area contributed by atoms with Crippen LogP contribution in [0.1, 0.15) is 57.9 Å². The van der Waals surface area contributed by atoms with E-state index in [4.69, 9.17) is 11.5 Å². The van der Waals surface area contributed by atoms with Crippen LogP contribution < -0.4 is 54.0 Å². The van der Waals surface area contributed by atoms with Gasteiger partial charge in [-0.15, -0.1) is 0 Å². The van der Waals surface area contributed by atoms with E-state index in [1.807, 2.05) is 0 Å². The summed E-state index contributed by atoms with van der Waals surface area (Å²) in [6.07, 6.45) is 0.548. The number of hydrogen-bond donors (Lipinski definition) is 10. The fourth-order valence-electron chi connectivity index (χ4n) is 5.04. The maximum atomic E-state index is 13.7. The molecule has 1 aromatic rings. The Bertz CT molecular complexity index is 1440. The molecule has 1 fully saturated rings. The first-order chi connectivity index (χ1) is 24.7. The van der Waals surface area contributed by atoms with Crippen LogP contribution in [0.3, 0.4) is 0 Å². The Balaban J connectivity index is 2.41. The van der Waals surface area contributed by atoms with Gasteiger partial charge in [-0.1, -0.05) is 30.3 Å². The van der Waals surface area contributed by atoms with Crippen LogP contribution in [0.5, 0.6) is 0 Å². The Morgan fingerprint density at radius 2 is 1.52 bits per heavy atom. The lowest BCUT2D eigenvalue weighted by Gasteiger charge is -2.25. The standard InChI is InChI=1S/C33H50N10O9/c1-19-30(49)41-22(29(35)48)11-6-7-14-36-26(45)16-25(40-28(47)17-37-20(2)44)33(52)42-23(12-8-13-34)32(51)43-24(15-21-9-4-3-5-10-21)31(50)38-18-27(46)39-19/h3-5,9-10,19,22-25H,6-8,11-18,34H2,1-2H3,(H2,35,48)(H,36,45)(H,37,44)(H,38,50)(H,39,46)(H,40,47)(H,41,49)(H,42,52)(H,43,51)/t19-,22?,23-,24?,25?/m0/s1. The number of benzene rings is 1. The highest BCUT2D eigenvalue weighted by Gasteiger charge is 2.31. The number of rotatable bonds is 9. The normalized spacial score (nSPS) is 23.3. The summed E-state index contributed by atoms with van der Waals surface area (Å²) in [7, 11) is 0. The third-order valence-electron chi connectivity index (χ3n) is 7.88. The summed E-state index contributed by atoms with van der Waals surface area (Å²) in [6, 6.07) is 2.52. The minimum absolute atomic E-state index is 0.00704. The van der Waals surface area contributed by atoms with Gasteiger partial charge in [-0.3, -0.25) is 43.2 Å². The molecule has 1 aliphatic rings. The molecule has 0 aliphatic carbocycles. The summed E-state index contributed by atoms with van der Waals surface area (Å²) >= 11 is 0. The maximum absolute atomic E-state index is 13.7. The van der Waals surface area contributed by atoms with E-state index in [2.05, 4.69) is 42.5 Å². The summed E-state index contributed by atoms with van der Waals surface area (Å²) in [4.78, 5) is 115. The molecule has 52 heavy (non-hydrogen) atoms. The van der Waals surface area contributed by atoms with Crippen molar-refractivity contribution in [2.45, 2.75) is 89.0 Å². The van der Waals surface area contributed by atoms with Gasteiger partial charge in [0.25, 0.3) is 0 Å². The Hall–Kier alpha value is -5.59. The van der Waals surface area contributed by atoms with Crippen molar-refractivity contribution in [1.29, 1.82) is 0 Å². The Labute approximate surface area is 301 Å². The fourth-order valence-corrected chi connectivity index (χ4v) is 5.04. The molecule has 1 saturated heterocycles. The van der Waals surface area contributed by atoms with Gasteiger partial charge >= 0.3 is 0 Å². The predicted octanol–water partition coefficient (Wildman–Crippen LogP) is -4.16. The minimum Gasteiger partial charge on any atom is -0.368 e. The second-order valence-corrected chi connectivity index (χ2v) is 12.3. The minimum atomic E-state index is -1.48. The van der Waals surface area contributed by atoms with Crippen molar-refractivity contribution >= 4 is 53.2 Å². The molecule has 3 unspecified atom stereocenters. The molecule has 1 heterocycles. The van der Waals surface area contributed by atoms with Crippen LogP contribution in [0.4, 0.5) is 0 Å². The zero-order valence-corrected chi connectivity index (χ0v) is 29.4. The Morgan fingerprint density at radius 3 is 2.17 bits per heavy atom. The molecule has 286 valence electrons. The van der Waals surface area contributed by atoms with Crippen LogP contribution in [0.2, 0.25) is 0 Å². The lowest BCUT2D eigenvalue weighted by molar-refractivity contribution is -0.135. The van der Waals surface area contributed by atoms with E-state index in [0.717, 1.165) is 0 Å². The van der Waals surface area contributed by atoms with Crippen LogP contribution in [0, 0.1) is 0 Å². The van der Waals surface area contributed by atoms with Crippen LogP contribution in [0.25, 0.3) is 0 Å². The molecule has 0 radical (unpaired) electrons. The molecule has 0 aromatic heterocycles. The molecule has 0 saturated carbocycles. The van der Waals surface area contributed by atoms with Gasteiger partial charge in [0.05, 0.1) is 19.5 Å². The van der Waals surface area contributed by atoms with Gasteiger partial charge in [0, 0.05) is 19.9 Å². The lowest BCUT2D eigenvalue weighted by atomic mass is 10.0. The SMILES string of the molecule is CC(=O)NCC(=O)NC1CC(=O)NCCCCC(C(N)=O)NC(=O)[C@H](C)NC(=O)CNC(=O)C(Cc2ccccc2)NC(=O)[C@H](CCCN)NC1=O. The van der Waals surface area contributed by atoms with Crippen molar-refractivity contribution in [3.63, 3.8) is 0 Å². The Morgan fingerprint density at radius 1 is 0.827 bits per heavy atom. The second kappa shape index (κ2) is 22.3. The smallest absolute Gasteiger partial charge is 0.243 e. The molecule has 12 N–H and O–H groups in total. The average Bonchev–Trinajstić information content (AvgIpc) is 3.09. The number of amides is 9. The third kappa shape index (κ3) is 16.0. The second-order valence-electron chi connectivity index (χ2n) is 12.3. The topological polar surface area (TPSA) is 302 Å². The number of hydrogen-bond acceptors (Lipinski definition) is 10. The summed E-state index contributed by atoms with van der Waals surface area (Å²) in [6.45, 7) is 1.78. The van der Waals surface area contributed by atoms with E-state index in [1.54, 1.807) is 30.3 Å². The molecule has 1 aromatic carbocycles. The van der Waals surface area contributed by atoms with Crippen molar-refractivity contribution in [2.75, 3.05) is 26.2 Å². The van der Waals surface area contributed by atoms with Gasteiger partial charge in [0.15, 0.2) is 0 Å². The first-order valence-corrected chi connectivity index (χ1v) is 17.0. The summed E-state index contributed by atoms with van der Waals surface area (Å²) in [5, 5.41) is 19.9. The number of carbonyl (C=O) groups excluding carboxylic acids is 9. The van der Waals surface area contributed by atoms with E-state index in [9.17, 15) is 43.2 Å². The molecule has 2 rings (SSSR count). The quantitative estimate of drug-likeness (QED) is 0.117. The Kier molecular flexibility index (Phi) is 18.2. The van der Waals surface area contributed by atoms with Crippen LogP contribution >= 0.6 is 0 Å². The molecular formula is C33H50N10O9. The summed E-state index contributed by atoms with van der Waals surface area (Å²) < 4.78 is 0. The molecule has 19 nitrogen and oxygen atoms in total. The summed E-state index contributed by atoms with van der Waals surface area (Å²) in [5.74, 6) is -6.57. The first-order valence-electron chi connectivity index (χ1n) is 17.0. The van der Waals surface area contributed by atoms with Crippen LogP contribution in [-0.4, -0.2) is 110 Å². The molecular weight excluding hydrogens is 680 g/mol. The fraction of sp³-hybridized carbons (Fsp3) is 0.545. The largest absolute Gasteiger partial charge is 0.368 e. The molecule has 0 bridgehead atoms. The van der Waals surface area contributed by atoms with Crippen LogP contribution in [0.15, 0.2) is 30.3 Å². The van der Waals surface area contributed by atoms with Gasteiger partial charge in [-0.25, -0.2) is 0 Å². The van der Waals surface area contributed by atoms with E-state index >= 15 is 0 Å². The third-order valence-corrected chi connectivity index (χ3v) is 7.88. The monoisotopic (exact) mass is 730 g/mol. The van der Waals surface area contributed by atoms with Crippen molar-refractivity contribution in [1.82, 2.24) is 42.5 Å². The van der Waals surface area contributed by atoms with Gasteiger partial charge in [-0.05, 0) is 51.1 Å². The highest BCUT2D eigenvalue weighted by molar-refractivity contribution is 5.97. The zero-order chi connectivity index (χ0) is 38.6. The van der Waals surface area contributed by atoms with E-state index in [0.29, 0.717) is 18.4 Å². The van der Waals surface area contributed by atoms with Crippen molar-refractivity contribution in [3.8, 4) is 0 Å². The highest BCUT2D eigenvalue weighted by atomic mass is 16.2. The number of carbonyl (C=O) groups is 9. The lowest BCUT2D eigenvalue weighted by Crippen LogP contribution is -2.58. The molecule has 5 atom stereocenters. The van der Waals surface area contributed by atoms with Crippen molar-refractivity contribution in [2.24, 2.45) is 11.5 Å². The van der Waals surface area contributed by atoms with Gasteiger partial charge in [0.1, 0.15) is 30.2 Å². The molecule has 19 heteroatoms. The van der Waals surface area contributed by atoms with E-state index in [1.165, 1.54) is 13.8 Å². The maximum Gasteiger partial charge on any atom is 0.243 e. The van der Waals surface area contributed by atoms with E-state index in [-0.39, 0.29) is 38.8 Å². The van der Waals surface area contributed by atoms with Crippen molar-refractivity contribution < 1.29 is 43.2 Å². The molecule has 9 amide bonds. The average molecular weight is 731 g/mol. The zero-order valence-electron chi connectivity index (χ0n) is 29.4. The molecule has 1 aliphatic heterocycles. The van der Waals surface area contributed by atoms with Gasteiger partial charge in [0.2, 0.25) is 53.2 Å².